The lowest BCUT2D eigenvalue weighted by molar-refractivity contribution is -0.137. The van der Waals surface area contributed by atoms with Crippen LogP contribution in [0, 0.1) is 5.82 Å². The summed E-state index contributed by atoms with van der Waals surface area (Å²) in [5.41, 5.74) is 4.21. The van der Waals surface area contributed by atoms with Crippen LogP contribution in [0.2, 0.25) is 5.02 Å². The first-order valence-electron chi connectivity index (χ1n) is 8.38. The van der Waals surface area contributed by atoms with Gasteiger partial charge in [-0.25, -0.2) is 4.39 Å². The van der Waals surface area contributed by atoms with Crippen LogP contribution in [0.15, 0.2) is 36.4 Å². The van der Waals surface area contributed by atoms with Gasteiger partial charge in [0.05, 0.1) is 6.42 Å². The van der Waals surface area contributed by atoms with Crippen molar-refractivity contribution in [3.05, 3.63) is 69.6 Å². The highest BCUT2D eigenvalue weighted by Crippen LogP contribution is 2.47. The molecule has 1 aromatic heterocycles. The molecule has 0 saturated carbocycles. The largest absolute Gasteiger partial charge is 0.356 e. The van der Waals surface area contributed by atoms with Crippen molar-refractivity contribution in [1.29, 1.82) is 0 Å². The fourth-order valence-electron chi connectivity index (χ4n) is 4.55. The van der Waals surface area contributed by atoms with E-state index < -0.39 is 5.54 Å². The number of fused-ring (bicyclic) bond motifs is 7. The average molecular weight is 355 g/mol. The van der Waals surface area contributed by atoms with Gasteiger partial charge in [-0.1, -0.05) is 17.7 Å². The molecule has 1 unspecified atom stereocenters. The number of hydrogen-bond donors (Lipinski definition) is 1. The first-order valence-corrected chi connectivity index (χ1v) is 8.76. The van der Waals surface area contributed by atoms with Gasteiger partial charge >= 0.3 is 0 Å². The second-order valence-electron chi connectivity index (χ2n) is 7.01. The summed E-state index contributed by atoms with van der Waals surface area (Å²) in [6.07, 6.45) is 1.09. The number of nitrogens with zero attached hydrogens (tertiary/aromatic N) is 1. The van der Waals surface area contributed by atoms with E-state index in [-0.39, 0.29) is 11.7 Å². The fourth-order valence-corrected chi connectivity index (χ4v) is 4.72. The highest BCUT2D eigenvalue weighted by Gasteiger charge is 2.48. The minimum Gasteiger partial charge on any atom is -0.356 e. The molecule has 0 bridgehead atoms. The summed E-state index contributed by atoms with van der Waals surface area (Å²) in [4.78, 5) is 18.1. The van der Waals surface area contributed by atoms with Crippen LogP contribution in [0.4, 0.5) is 4.39 Å². The zero-order valence-corrected chi connectivity index (χ0v) is 14.5. The molecule has 5 rings (SSSR count). The van der Waals surface area contributed by atoms with Crippen LogP contribution in [0.5, 0.6) is 0 Å². The summed E-state index contributed by atoms with van der Waals surface area (Å²) in [5.74, 6) is -0.190. The lowest BCUT2D eigenvalue weighted by Gasteiger charge is -2.48. The molecule has 0 saturated heterocycles. The van der Waals surface area contributed by atoms with E-state index >= 15 is 0 Å². The van der Waals surface area contributed by atoms with Crippen molar-refractivity contribution in [3.8, 4) is 0 Å². The minimum atomic E-state index is -0.689. The van der Waals surface area contributed by atoms with Crippen molar-refractivity contribution in [3.63, 3.8) is 0 Å². The number of amides is 1. The third kappa shape index (κ3) is 1.89. The highest BCUT2D eigenvalue weighted by atomic mass is 35.5. The number of carbonyl (C=O) groups excluding carboxylic acids is 1. The molecule has 3 aromatic rings. The predicted octanol–water partition coefficient (Wildman–Crippen LogP) is 4.16. The van der Waals surface area contributed by atoms with Gasteiger partial charge in [-0.2, -0.15) is 0 Å². The smallest absolute Gasteiger partial charge is 0.228 e. The maximum Gasteiger partial charge on any atom is 0.228 e. The molecule has 1 N–H and O–H groups in total. The van der Waals surface area contributed by atoms with E-state index in [1.807, 2.05) is 30.0 Å². The van der Waals surface area contributed by atoms with Gasteiger partial charge < -0.3 is 9.88 Å². The third-order valence-corrected chi connectivity index (χ3v) is 5.95. The zero-order valence-electron chi connectivity index (χ0n) is 13.7. The van der Waals surface area contributed by atoms with E-state index in [1.165, 1.54) is 11.6 Å². The number of aromatic nitrogens is 1. The molecule has 1 amide bonds. The standard InChI is InChI=1S/C20H16ClFN2O/c1-20-16-10-13(22)4-2-11(16)8-18(25)24(20)7-6-14-15-9-12(21)3-5-17(15)23-19(14)20/h2-5,9-10,23H,6-8H2,1H3. The molecule has 0 aliphatic carbocycles. The molecule has 0 spiro atoms. The van der Waals surface area contributed by atoms with E-state index in [0.717, 1.165) is 34.1 Å². The number of rotatable bonds is 0. The molecule has 3 heterocycles. The summed E-state index contributed by atoms with van der Waals surface area (Å²) < 4.78 is 14.0. The molecule has 2 aromatic carbocycles. The lowest BCUT2D eigenvalue weighted by atomic mass is 9.75. The second kappa shape index (κ2) is 4.85. The Morgan fingerprint density at radius 1 is 1.24 bits per heavy atom. The van der Waals surface area contributed by atoms with Crippen LogP contribution < -0.4 is 0 Å². The Labute approximate surface area is 149 Å². The van der Waals surface area contributed by atoms with Crippen molar-refractivity contribution in [2.45, 2.75) is 25.3 Å². The molecule has 5 heteroatoms. The van der Waals surface area contributed by atoms with E-state index in [1.54, 1.807) is 12.1 Å². The first kappa shape index (κ1) is 15.0. The van der Waals surface area contributed by atoms with Crippen LogP contribution in [0.3, 0.4) is 0 Å². The summed E-state index contributed by atoms with van der Waals surface area (Å²) >= 11 is 6.19. The quantitative estimate of drug-likeness (QED) is 0.646. The van der Waals surface area contributed by atoms with Gasteiger partial charge in [0.25, 0.3) is 0 Å². The van der Waals surface area contributed by atoms with Gasteiger partial charge in [0.1, 0.15) is 11.4 Å². The van der Waals surface area contributed by atoms with E-state index in [9.17, 15) is 9.18 Å². The predicted molar refractivity (Wildman–Crippen MR) is 95.3 cm³/mol. The van der Waals surface area contributed by atoms with Crippen LogP contribution in [-0.2, 0) is 23.2 Å². The Kier molecular flexibility index (Phi) is 2.91. The molecule has 1 atom stereocenters. The molecular weight excluding hydrogens is 339 g/mol. The van der Waals surface area contributed by atoms with Crippen molar-refractivity contribution < 1.29 is 9.18 Å². The van der Waals surface area contributed by atoms with Crippen molar-refractivity contribution in [1.82, 2.24) is 9.88 Å². The Bertz CT molecular complexity index is 1060. The van der Waals surface area contributed by atoms with Gasteiger partial charge in [0.15, 0.2) is 0 Å². The number of benzene rings is 2. The summed E-state index contributed by atoms with van der Waals surface area (Å²) in [7, 11) is 0. The van der Waals surface area contributed by atoms with Crippen LogP contribution in [0.25, 0.3) is 10.9 Å². The molecule has 2 aliphatic heterocycles. The second-order valence-corrected chi connectivity index (χ2v) is 7.45. The minimum absolute atomic E-state index is 0.0870. The molecule has 25 heavy (non-hydrogen) atoms. The van der Waals surface area contributed by atoms with Gasteiger partial charge in [0.2, 0.25) is 5.91 Å². The number of halogens is 2. The van der Waals surface area contributed by atoms with Crippen molar-refractivity contribution >= 4 is 28.4 Å². The first-order chi connectivity index (χ1) is 12.0. The highest BCUT2D eigenvalue weighted by molar-refractivity contribution is 6.31. The number of aromatic amines is 1. The number of nitrogens with one attached hydrogen (secondary N) is 1. The Hall–Kier alpha value is -2.33. The maximum absolute atomic E-state index is 14.0. The van der Waals surface area contributed by atoms with Gasteiger partial charge in [-0.05, 0) is 60.4 Å². The average Bonchev–Trinajstić information content (AvgIpc) is 2.95. The number of H-pyrrole nitrogens is 1. The van der Waals surface area contributed by atoms with E-state index in [4.69, 9.17) is 11.6 Å². The zero-order chi connectivity index (χ0) is 17.3. The van der Waals surface area contributed by atoms with Gasteiger partial charge in [-0.15, -0.1) is 0 Å². The maximum atomic E-state index is 14.0. The molecule has 0 radical (unpaired) electrons. The molecule has 0 fully saturated rings. The van der Waals surface area contributed by atoms with Crippen LogP contribution >= 0.6 is 11.6 Å². The Balaban J connectivity index is 1.86. The number of carbonyl (C=O) groups is 1. The van der Waals surface area contributed by atoms with Crippen LogP contribution in [-0.4, -0.2) is 22.3 Å². The van der Waals surface area contributed by atoms with E-state index in [2.05, 4.69) is 4.98 Å². The summed E-state index contributed by atoms with van der Waals surface area (Å²) in [5, 5.41) is 1.77. The van der Waals surface area contributed by atoms with Gasteiger partial charge in [-0.3, -0.25) is 4.79 Å². The van der Waals surface area contributed by atoms with E-state index in [0.29, 0.717) is 18.0 Å². The fraction of sp³-hybridized carbons (Fsp3) is 0.250. The Morgan fingerprint density at radius 3 is 2.92 bits per heavy atom. The van der Waals surface area contributed by atoms with Gasteiger partial charge in [0, 0.05) is 28.2 Å². The monoisotopic (exact) mass is 354 g/mol. The normalized spacial score (nSPS) is 21.9. The third-order valence-electron chi connectivity index (χ3n) is 5.72. The SMILES string of the molecule is CC12c3cc(F)ccc3CC(=O)N1CCc1c2[nH]c2ccc(Cl)cc12. The van der Waals surface area contributed by atoms with Crippen molar-refractivity contribution in [2.24, 2.45) is 0 Å². The summed E-state index contributed by atoms with van der Waals surface area (Å²) in [6, 6.07) is 10.5. The summed E-state index contributed by atoms with van der Waals surface area (Å²) in [6.45, 7) is 2.63. The molecule has 2 aliphatic rings. The molecular formula is C20H16ClFN2O. The Morgan fingerprint density at radius 2 is 2.08 bits per heavy atom. The van der Waals surface area contributed by atoms with Crippen LogP contribution in [0.1, 0.15) is 29.3 Å². The molecule has 126 valence electrons. The van der Waals surface area contributed by atoms with Crippen molar-refractivity contribution in [2.75, 3.05) is 6.54 Å². The molecule has 3 nitrogen and oxygen atoms in total. The topological polar surface area (TPSA) is 36.1 Å². The number of hydrogen-bond acceptors (Lipinski definition) is 1. The lowest BCUT2D eigenvalue weighted by Crippen LogP contribution is -2.56.